The monoisotopic (exact) mass is 304 g/mol. The first-order valence-electron chi connectivity index (χ1n) is 8.34. The number of nitrogens with one attached hydrogen (secondary N) is 1. The summed E-state index contributed by atoms with van der Waals surface area (Å²) in [6.45, 7) is 17.8. The molecule has 2 atom stereocenters. The standard InChI is InChI=1S/C9H18N2O2.C4H10.2C2H6/c1-5(2)7(9(13)11-4)6(3)8(10)12;1-3-4-2;2*1-2/h5-7H,1-4H3,(H2,10,12)(H,11,13);3-4H2,1-2H3;2*1-2H3. The quantitative estimate of drug-likeness (QED) is 0.806. The highest BCUT2D eigenvalue weighted by Crippen LogP contribution is 2.20. The molecule has 130 valence electrons. The molecule has 0 aliphatic carbocycles. The Morgan fingerprint density at radius 3 is 1.43 bits per heavy atom. The summed E-state index contributed by atoms with van der Waals surface area (Å²) in [5.74, 6) is -1.19. The first-order valence-corrected chi connectivity index (χ1v) is 8.34. The van der Waals surface area contributed by atoms with E-state index in [0.717, 1.165) is 0 Å². The highest BCUT2D eigenvalue weighted by atomic mass is 16.2. The molecule has 21 heavy (non-hydrogen) atoms. The van der Waals surface area contributed by atoms with Crippen molar-refractivity contribution in [3.8, 4) is 0 Å². The van der Waals surface area contributed by atoms with Gasteiger partial charge >= 0.3 is 0 Å². The number of nitrogens with two attached hydrogens (primary N) is 1. The van der Waals surface area contributed by atoms with Crippen LogP contribution in [0.3, 0.4) is 0 Å². The SMILES string of the molecule is CC.CC.CCCC.CNC(=O)C(C(C)C)C(C)C(N)=O. The first-order chi connectivity index (χ1) is 9.83. The Bertz CT molecular complexity index is 227. The smallest absolute Gasteiger partial charge is 0.223 e. The summed E-state index contributed by atoms with van der Waals surface area (Å²) >= 11 is 0. The van der Waals surface area contributed by atoms with E-state index in [1.165, 1.54) is 12.8 Å². The normalized spacial score (nSPS) is 11.4. The third-order valence-electron chi connectivity index (χ3n) is 2.75. The maximum atomic E-state index is 11.4. The topological polar surface area (TPSA) is 72.2 Å². The molecule has 4 nitrogen and oxygen atoms in total. The maximum Gasteiger partial charge on any atom is 0.223 e. The molecule has 4 heteroatoms. The summed E-state index contributed by atoms with van der Waals surface area (Å²) < 4.78 is 0. The molecule has 0 saturated heterocycles. The second-order valence-corrected chi connectivity index (χ2v) is 4.58. The van der Waals surface area contributed by atoms with Crippen LogP contribution >= 0.6 is 0 Å². The van der Waals surface area contributed by atoms with Gasteiger partial charge in [0, 0.05) is 13.0 Å². The van der Waals surface area contributed by atoms with Crippen molar-refractivity contribution in [3.05, 3.63) is 0 Å². The predicted octanol–water partition coefficient (Wildman–Crippen LogP) is 3.98. The number of rotatable bonds is 5. The minimum atomic E-state index is -0.428. The lowest BCUT2D eigenvalue weighted by molar-refractivity contribution is -0.134. The summed E-state index contributed by atoms with van der Waals surface area (Å²) in [4.78, 5) is 22.3. The van der Waals surface area contributed by atoms with E-state index in [1.807, 2.05) is 41.5 Å². The largest absolute Gasteiger partial charge is 0.369 e. The van der Waals surface area contributed by atoms with E-state index in [-0.39, 0.29) is 17.7 Å². The fraction of sp³-hybridized carbons (Fsp3) is 0.882. The van der Waals surface area contributed by atoms with Crippen molar-refractivity contribution in [2.24, 2.45) is 23.5 Å². The predicted molar refractivity (Wildman–Crippen MR) is 94.0 cm³/mol. The van der Waals surface area contributed by atoms with Crippen molar-refractivity contribution < 1.29 is 9.59 Å². The van der Waals surface area contributed by atoms with E-state index in [9.17, 15) is 9.59 Å². The molecule has 0 heterocycles. The van der Waals surface area contributed by atoms with Crippen molar-refractivity contribution in [1.82, 2.24) is 5.32 Å². The fourth-order valence-corrected chi connectivity index (χ4v) is 1.45. The molecule has 0 aromatic carbocycles. The number of hydrogen-bond donors (Lipinski definition) is 2. The number of unbranched alkanes of at least 4 members (excludes halogenated alkanes) is 1. The molecule has 0 rings (SSSR count). The lowest BCUT2D eigenvalue weighted by Gasteiger charge is -2.23. The molecule has 0 aliphatic heterocycles. The minimum absolute atomic E-state index is 0.113. The van der Waals surface area contributed by atoms with Crippen LogP contribution in [0.15, 0.2) is 0 Å². The zero-order chi connectivity index (χ0) is 18.0. The average Bonchev–Trinajstić information content (AvgIpc) is 2.50. The highest BCUT2D eigenvalue weighted by molar-refractivity contribution is 5.86. The Kier molecular flexibility index (Phi) is 28.5. The molecule has 0 radical (unpaired) electrons. The summed E-state index contributed by atoms with van der Waals surface area (Å²) in [5, 5.41) is 2.54. The summed E-state index contributed by atoms with van der Waals surface area (Å²) in [7, 11) is 1.56. The van der Waals surface area contributed by atoms with Gasteiger partial charge in [0.15, 0.2) is 0 Å². The van der Waals surface area contributed by atoms with Gasteiger partial charge in [0.2, 0.25) is 11.8 Å². The van der Waals surface area contributed by atoms with E-state index in [4.69, 9.17) is 5.73 Å². The summed E-state index contributed by atoms with van der Waals surface area (Å²) in [6.07, 6.45) is 2.64. The van der Waals surface area contributed by atoms with Crippen molar-refractivity contribution in [2.75, 3.05) is 7.05 Å². The van der Waals surface area contributed by atoms with Crippen LogP contribution in [0.4, 0.5) is 0 Å². The molecule has 0 spiro atoms. The number of hydrogen-bond acceptors (Lipinski definition) is 2. The fourth-order valence-electron chi connectivity index (χ4n) is 1.45. The van der Waals surface area contributed by atoms with Crippen LogP contribution in [0.2, 0.25) is 0 Å². The van der Waals surface area contributed by atoms with E-state index >= 15 is 0 Å². The Balaban J connectivity index is -0.000000151. The molecular weight excluding hydrogens is 264 g/mol. The van der Waals surface area contributed by atoms with Crippen LogP contribution in [0.5, 0.6) is 0 Å². The molecule has 0 bridgehead atoms. The lowest BCUT2D eigenvalue weighted by atomic mass is 9.83. The van der Waals surface area contributed by atoms with Crippen LogP contribution < -0.4 is 11.1 Å². The van der Waals surface area contributed by atoms with Gasteiger partial charge in [-0.05, 0) is 5.92 Å². The molecule has 0 aromatic heterocycles. The molecule has 2 unspecified atom stereocenters. The van der Waals surface area contributed by atoms with Crippen LogP contribution in [0.25, 0.3) is 0 Å². The van der Waals surface area contributed by atoms with E-state index in [2.05, 4.69) is 19.2 Å². The van der Waals surface area contributed by atoms with Crippen LogP contribution in [0.1, 0.15) is 75.2 Å². The second-order valence-electron chi connectivity index (χ2n) is 4.58. The summed E-state index contributed by atoms with van der Waals surface area (Å²) in [6, 6.07) is 0. The van der Waals surface area contributed by atoms with Gasteiger partial charge in [-0.25, -0.2) is 0 Å². The Hall–Kier alpha value is -1.06. The van der Waals surface area contributed by atoms with Gasteiger partial charge in [-0.2, -0.15) is 0 Å². The second kappa shape index (κ2) is 21.2. The Morgan fingerprint density at radius 1 is 0.952 bits per heavy atom. The van der Waals surface area contributed by atoms with Crippen molar-refractivity contribution >= 4 is 11.8 Å². The average molecular weight is 305 g/mol. The Morgan fingerprint density at radius 2 is 1.29 bits per heavy atom. The number of amides is 2. The van der Waals surface area contributed by atoms with Gasteiger partial charge in [0.1, 0.15) is 0 Å². The van der Waals surface area contributed by atoms with E-state index < -0.39 is 11.8 Å². The van der Waals surface area contributed by atoms with Crippen molar-refractivity contribution in [2.45, 2.75) is 75.2 Å². The van der Waals surface area contributed by atoms with Crippen LogP contribution in [-0.2, 0) is 9.59 Å². The van der Waals surface area contributed by atoms with Gasteiger partial charge in [-0.3, -0.25) is 9.59 Å². The lowest BCUT2D eigenvalue weighted by Crippen LogP contribution is -2.40. The van der Waals surface area contributed by atoms with Gasteiger partial charge in [0.05, 0.1) is 5.92 Å². The Labute approximate surface area is 133 Å². The minimum Gasteiger partial charge on any atom is -0.369 e. The van der Waals surface area contributed by atoms with Crippen molar-refractivity contribution in [3.63, 3.8) is 0 Å². The third kappa shape index (κ3) is 16.9. The van der Waals surface area contributed by atoms with Gasteiger partial charge < -0.3 is 11.1 Å². The van der Waals surface area contributed by atoms with Crippen molar-refractivity contribution in [1.29, 1.82) is 0 Å². The van der Waals surface area contributed by atoms with Crippen LogP contribution in [-0.4, -0.2) is 18.9 Å². The number of carbonyl (C=O) groups excluding carboxylic acids is 2. The number of carbonyl (C=O) groups is 2. The van der Waals surface area contributed by atoms with E-state index in [1.54, 1.807) is 14.0 Å². The van der Waals surface area contributed by atoms with Gasteiger partial charge in [0.25, 0.3) is 0 Å². The first kappa shape index (κ1) is 28.2. The maximum absolute atomic E-state index is 11.4. The van der Waals surface area contributed by atoms with Gasteiger partial charge in [-0.15, -0.1) is 0 Å². The summed E-state index contributed by atoms with van der Waals surface area (Å²) in [5.41, 5.74) is 5.15. The molecule has 0 aliphatic rings. The zero-order valence-electron chi connectivity index (χ0n) is 16.0. The molecule has 3 N–H and O–H groups in total. The van der Waals surface area contributed by atoms with Gasteiger partial charge in [-0.1, -0.05) is 75.2 Å². The molecule has 2 amide bonds. The molecule has 0 fully saturated rings. The highest BCUT2D eigenvalue weighted by Gasteiger charge is 2.30. The zero-order valence-corrected chi connectivity index (χ0v) is 16.0. The number of primary amides is 1. The molecular formula is C17H40N2O2. The van der Waals surface area contributed by atoms with E-state index in [0.29, 0.717) is 0 Å². The molecule has 0 aromatic rings. The molecule has 0 saturated carbocycles. The van der Waals surface area contributed by atoms with Crippen LogP contribution in [0, 0.1) is 17.8 Å². The third-order valence-corrected chi connectivity index (χ3v) is 2.75.